The number of hydroxylamine groups is 1. The van der Waals surface area contributed by atoms with Crippen LogP contribution in [-0.4, -0.2) is 31.4 Å². The molecule has 1 aromatic heterocycles. The Labute approximate surface area is 109 Å². The molecule has 0 aliphatic carbocycles. The highest BCUT2D eigenvalue weighted by atomic mass is 16.7. The molecule has 0 spiro atoms. The number of fused-ring (bicyclic) bond motifs is 1. The van der Waals surface area contributed by atoms with E-state index in [1.807, 2.05) is 12.1 Å². The van der Waals surface area contributed by atoms with Gasteiger partial charge in [0, 0.05) is 19.0 Å². The predicted molar refractivity (Wildman–Crippen MR) is 67.8 cm³/mol. The molecule has 19 heavy (non-hydrogen) atoms. The van der Waals surface area contributed by atoms with E-state index in [1.165, 1.54) is 6.07 Å². The van der Waals surface area contributed by atoms with Crippen molar-refractivity contribution in [1.29, 1.82) is 0 Å². The topological polar surface area (TPSA) is 80.9 Å². The second-order valence-electron chi connectivity index (χ2n) is 3.95. The smallest absolute Gasteiger partial charge is 0.371 e. The van der Waals surface area contributed by atoms with Crippen molar-refractivity contribution in [2.45, 2.75) is 6.54 Å². The summed E-state index contributed by atoms with van der Waals surface area (Å²) < 4.78 is 10.0. The molecule has 0 amide bonds. The monoisotopic (exact) mass is 265 g/mol. The van der Waals surface area contributed by atoms with Crippen molar-refractivity contribution in [2.24, 2.45) is 0 Å². The van der Waals surface area contributed by atoms with E-state index in [-0.39, 0.29) is 5.76 Å². The lowest BCUT2D eigenvalue weighted by Gasteiger charge is -2.05. The maximum Gasteiger partial charge on any atom is 0.371 e. The molecule has 6 heteroatoms. The summed E-state index contributed by atoms with van der Waals surface area (Å²) in [7, 11) is 1.61. The molecule has 0 bridgehead atoms. The minimum Gasteiger partial charge on any atom is -0.475 e. The molecule has 2 aromatic rings. The van der Waals surface area contributed by atoms with E-state index in [4.69, 9.17) is 19.1 Å². The van der Waals surface area contributed by atoms with Gasteiger partial charge in [-0.3, -0.25) is 4.84 Å². The van der Waals surface area contributed by atoms with Crippen molar-refractivity contribution in [1.82, 2.24) is 5.48 Å². The Balaban J connectivity index is 1.98. The van der Waals surface area contributed by atoms with Gasteiger partial charge in [-0.1, -0.05) is 6.07 Å². The van der Waals surface area contributed by atoms with Crippen molar-refractivity contribution in [3.63, 3.8) is 0 Å². The lowest BCUT2D eigenvalue weighted by atomic mass is 10.1. The van der Waals surface area contributed by atoms with Crippen molar-refractivity contribution in [3.8, 4) is 0 Å². The predicted octanol–water partition coefficient (Wildman–Crippen LogP) is 1.80. The molecular formula is C13H15NO5. The number of benzene rings is 1. The summed E-state index contributed by atoms with van der Waals surface area (Å²) in [6.45, 7) is 1.51. The summed E-state index contributed by atoms with van der Waals surface area (Å²) in [5, 5.41) is 9.60. The summed E-state index contributed by atoms with van der Waals surface area (Å²) in [4.78, 5) is 15.9. The van der Waals surface area contributed by atoms with Crippen LogP contribution in [0.2, 0.25) is 0 Å². The van der Waals surface area contributed by atoms with E-state index in [1.54, 1.807) is 13.2 Å². The first kappa shape index (κ1) is 13.5. The zero-order valence-electron chi connectivity index (χ0n) is 10.5. The fourth-order valence-electron chi connectivity index (χ4n) is 1.64. The molecule has 0 radical (unpaired) electrons. The van der Waals surface area contributed by atoms with Crippen LogP contribution < -0.4 is 5.48 Å². The van der Waals surface area contributed by atoms with Gasteiger partial charge in [0.25, 0.3) is 0 Å². The molecule has 6 nitrogen and oxygen atoms in total. The molecule has 0 saturated heterocycles. The van der Waals surface area contributed by atoms with E-state index in [9.17, 15) is 4.79 Å². The molecule has 1 aromatic carbocycles. The molecule has 0 aliphatic heterocycles. The molecule has 0 atom stereocenters. The average molecular weight is 265 g/mol. The maximum absolute atomic E-state index is 10.8. The summed E-state index contributed by atoms with van der Waals surface area (Å²) in [6, 6.07) is 6.96. The highest BCUT2D eigenvalue weighted by molar-refractivity contribution is 5.91. The molecule has 0 saturated carbocycles. The zero-order valence-corrected chi connectivity index (χ0v) is 10.5. The number of carboxylic acids is 1. The van der Waals surface area contributed by atoms with Crippen LogP contribution in [0.3, 0.4) is 0 Å². The number of furan rings is 1. The highest BCUT2D eigenvalue weighted by Gasteiger charge is 2.10. The Hall–Kier alpha value is -1.89. The first-order valence-corrected chi connectivity index (χ1v) is 5.80. The number of hydrogen-bond acceptors (Lipinski definition) is 5. The van der Waals surface area contributed by atoms with Crippen molar-refractivity contribution >= 4 is 16.9 Å². The van der Waals surface area contributed by atoms with Crippen LogP contribution >= 0.6 is 0 Å². The average Bonchev–Trinajstić information content (AvgIpc) is 2.82. The second kappa shape index (κ2) is 6.33. The molecule has 0 aliphatic rings. The van der Waals surface area contributed by atoms with Gasteiger partial charge in [-0.15, -0.1) is 0 Å². The Kier molecular flexibility index (Phi) is 4.51. The van der Waals surface area contributed by atoms with Gasteiger partial charge < -0.3 is 14.3 Å². The van der Waals surface area contributed by atoms with E-state index < -0.39 is 5.97 Å². The van der Waals surface area contributed by atoms with Crippen LogP contribution in [0.25, 0.3) is 11.0 Å². The van der Waals surface area contributed by atoms with Crippen LogP contribution in [0, 0.1) is 0 Å². The minimum atomic E-state index is -1.07. The Bertz CT molecular complexity index is 563. The normalized spacial score (nSPS) is 11.0. The molecule has 0 unspecified atom stereocenters. The van der Waals surface area contributed by atoms with Crippen LogP contribution in [0.4, 0.5) is 0 Å². The van der Waals surface area contributed by atoms with Gasteiger partial charge in [-0.25, -0.2) is 4.79 Å². The summed E-state index contributed by atoms with van der Waals surface area (Å²) in [6.07, 6.45) is 0. The molecule has 2 N–H and O–H groups in total. The minimum absolute atomic E-state index is 0.0588. The first-order chi connectivity index (χ1) is 9.20. The van der Waals surface area contributed by atoms with Gasteiger partial charge in [-0.05, 0) is 23.8 Å². The van der Waals surface area contributed by atoms with Gasteiger partial charge in [0.15, 0.2) is 0 Å². The number of methoxy groups -OCH3 is 1. The lowest BCUT2D eigenvalue weighted by molar-refractivity contribution is 0.00348. The summed E-state index contributed by atoms with van der Waals surface area (Å²) >= 11 is 0. The standard InChI is InChI=1S/C13H15NO5/c1-17-4-5-18-14-8-9-2-3-11-10(6-9)7-12(19-11)13(15)16/h2-3,6-7,14H,4-5,8H2,1H3,(H,15,16). The lowest BCUT2D eigenvalue weighted by Crippen LogP contribution is -2.17. The zero-order chi connectivity index (χ0) is 13.7. The van der Waals surface area contributed by atoms with Crippen molar-refractivity contribution in [3.05, 3.63) is 35.6 Å². The fraction of sp³-hybridized carbons (Fsp3) is 0.308. The van der Waals surface area contributed by atoms with E-state index in [0.29, 0.717) is 25.3 Å². The third-order valence-electron chi connectivity index (χ3n) is 2.56. The largest absolute Gasteiger partial charge is 0.475 e. The van der Waals surface area contributed by atoms with E-state index in [0.717, 1.165) is 10.9 Å². The number of hydrogen-bond donors (Lipinski definition) is 2. The molecule has 1 heterocycles. The third-order valence-corrected chi connectivity index (χ3v) is 2.56. The van der Waals surface area contributed by atoms with Gasteiger partial charge >= 0.3 is 5.97 Å². The van der Waals surface area contributed by atoms with Crippen molar-refractivity contribution < 1.29 is 23.9 Å². The highest BCUT2D eigenvalue weighted by Crippen LogP contribution is 2.20. The number of ether oxygens (including phenoxy) is 1. The summed E-state index contributed by atoms with van der Waals surface area (Å²) in [5.74, 6) is -1.13. The van der Waals surface area contributed by atoms with Crippen LogP contribution in [0.1, 0.15) is 16.1 Å². The second-order valence-corrected chi connectivity index (χ2v) is 3.95. The Morgan fingerprint density at radius 3 is 2.95 bits per heavy atom. The summed E-state index contributed by atoms with van der Waals surface area (Å²) in [5.41, 5.74) is 4.34. The van der Waals surface area contributed by atoms with Gasteiger partial charge in [-0.2, -0.15) is 5.48 Å². The molecular weight excluding hydrogens is 250 g/mol. The SMILES string of the molecule is COCCONCc1ccc2oc(C(=O)O)cc2c1. The Morgan fingerprint density at radius 2 is 2.21 bits per heavy atom. The quantitative estimate of drug-likeness (QED) is 0.587. The molecule has 2 rings (SSSR count). The molecule has 0 fully saturated rings. The fourth-order valence-corrected chi connectivity index (χ4v) is 1.64. The van der Waals surface area contributed by atoms with E-state index in [2.05, 4.69) is 5.48 Å². The molecule has 102 valence electrons. The number of carbonyl (C=O) groups is 1. The number of nitrogens with one attached hydrogen (secondary N) is 1. The number of aromatic carboxylic acids is 1. The van der Waals surface area contributed by atoms with Crippen LogP contribution in [-0.2, 0) is 16.1 Å². The third kappa shape index (κ3) is 3.54. The Morgan fingerprint density at radius 1 is 1.37 bits per heavy atom. The first-order valence-electron chi connectivity index (χ1n) is 5.80. The van der Waals surface area contributed by atoms with Crippen molar-refractivity contribution in [2.75, 3.05) is 20.3 Å². The van der Waals surface area contributed by atoms with E-state index >= 15 is 0 Å². The number of carboxylic acid groups (broad SMARTS) is 1. The van der Waals surface area contributed by atoms with Crippen LogP contribution in [0.15, 0.2) is 28.7 Å². The number of rotatable bonds is 7. The maximum atomic E-state index is 10.8. The van der Waals surface area contributed by atoms with Crippen LogP contribution in [0.5, 0.6) is 0 Å². The van der Waals surface area contributed by atoms with Gasteiger partial charge in [0.05, 0.1) is 13.2 Å². The van der Waals surface area contributed by atoms with Gasteiger partial charge in [0.1, 0.15) is 5.58 Å². The van der Waals surface area contributed by atoms with Gasteiger partial charge in [0.2, 0.25) is 5.76 Å².